The number of carbonyl (C=O) groups is 6. The minimum absolute atomic E-state index is 0.00993. The monoisotopic (exact) mass is 1910 g/mol. The molecule has 5 amide bonds. The van der Waals surface area contributed by atoms with Crippen molar-refractivity contribution in [1.29, 1.82) is 0 Å². The first-order chi connectivity index (χ1) is 67.4. The van der Waals surface area contributed by atoms with Gasteiger partial charge in [-0.25, -0.2) is 0 Å². The lowest BCUT2D eigenvalue weighted by Crippen LogP contribution is -2.63. The summed E-state index contributed by atoms with van der Waals surface area (Å²) in [5.41, 5.74) is 15.2. The number of ether oxygens (including phenoxy) is 1. The number of hydrogen-bond donors (Lipinski definition) is 12. The van der Waals surface area contributed by atoms with Gasteiger partial charge < -0.3 is 91.4 Å². The third-order valence-corrected chi connectivity index (χ3v) is 30.9. The van der Waals surface area contributed by atoms with E-state index in [9.17, 15) is 33.9 Å². The first kappa shape index (κ1) is 99.6. The Morgan fingerprint density at radius 3 is 0.856 bits per heavy atom. The van der Waals surface area contributed by atoms with Gasteiger partial charge in [0, 0.05) is 102 Å². The summed E-state index contributed by atoms with van der Waals surface area (Å²) in [6.45, 7) is 25.1. The molecular formula is C105H147N21O13. The maximum Gasteiger partial charge on any atom is 0.308 e. The molecule has 5 aromatic carbocycles. The molecule has 10 heterocycles. The van der Waals surface area contributed by atoms with E-state index in [1.807, 2.05) is 133 Å². The smallest absolute Gasteiger partial charge is 0.308 e. The second-order valence-electron chi connectivity index (χ2n) is 41.7. The Balaban J connectivity index is 0.000000120. The average molecular weight is 1910 g/mol. The van der Waals surface area contributed by atoms with Crippen LogP contribution in [0.4, 0.5) is 29.1 Å². The van der Waals surface area contributed by atoms with Crippen LogP contribution in [-0.4, -0.2) is 268 Å². The minimum atomic E-state index is -0.120. The van der Waals surface area contributed by atoms with Crippen molar-refractivity contribution >= 4 is 119 Å². The highest BCUT2D eigenvalue weighted by Gasteiger charge is 2.42. The number of benzene rings is 5. The van der Waals surface area contributed by atoms with Crippen LogP contribution >= 0.6 is 0 Å². The van der Waals surface area contributed by atoms with Gasteiger partial charge >= 0.3 is 5.97 Å². The summed E-state index contributed by atoms with van der Waals surface area (Å²) in [6.07, 6.45) is 30.4. The Morgan fingerprint density at radius 2 is 0.583 bits per heavy atom. The fourth-order valence-corrected chi connectivity index (χ4v) is 22.6. The molecule has 11 aliphatic rings. The zero-order valence-electron chi connectivity index (χ0n) is 82.3. The molecule has 34 nitrogen and oxygen atoms in total. The molecular weight excluding hydrogens is 1760 g/mol. The van der Waals surface area contributed by atoms with Gasteiger partial charge in [0.15, 0.2) is 57.0 Å². The van der Waals surface area contributed by atoms with Gasteiger partial charge in [-0.05, 0) is 248 Å². The number of anilines is 5. The lowest BCUT2D eigenvalue weighted by Gasteiger charge is -2.47. The first-order valence-electron chi connectivity index (χ1n) is 51.7. The Hall–Kier alpha value is -11.0. The SMILES string of the molecule is CCOC(=O)C1CCC(N2CC(NC(=O)CNc3noc4ccc(C)cc34)C2)CC1.Cc1ccc2onc(NCC(=O)NC3CN(C4CCC(C)CC4)C3)c2c1.Cc1ccc2onc(NCC(=O)NC3CN(C4CCC(C5CCCCC5)CC4)C3)c2c1.Cc1ccc2onc(NCC(=O)NC3CN(C4CCC(N)CC4)C3)c2c1.Cc1ccc2onc(NCC(=O)NC3CN(C4CCC(O)CC4)C3)c2c1. The fourth-order valence-electron chi connectivity index (χ4n) is 22.6. The molecule has 34 heteroatoms. The maximum absolute atomic E-state index is 12.4. The molecule has 0 radical (unpaired) electrons. The van der Waals surface area contributed by atoms with Crippen LogP contribution in [-0.2, 0) is 33.5 Å². The predicted molar refractivity (Wildman–Crippen MR) is 538 cm³/mol. The number of aliphatic hydroxyl groups excluding tert-OH is 1. The van der Waals surface area contributed by atoms with Crippen molar-refractivity contribution in [3.05, 3.63) is 119 Å². The molecule has 750 valence electrons. The van der Waals surface area contributed by atoms with Crippen LogP contribution in [0.25, 0.3) is 54.8 Å². The highest BCUT2D eigenvalue weighted by atomic mass is 16.5. The molecule has 10 aromatic rings. The number of amides is 5. The van der Waals surface area contributed by atoms with Crippen molar-refractivity contribution in [1.82, 2.24) is 76.9 Å². The van der Waals surface area contributed by atoms with Gasteiger partial charge in [0.1, 0.15) is 0 Å². The quantitative estimate of drug-likeness (QED) is 0.0203. The topological polar surface area (TPSA) is 425 Å². The Bertz CT molecular complexity index is 5410. The zero-order chi connectivity index (χ0) is 96.6. The van der Waals surface area contributed by atoms with Gasteiger partial charge in [0.2, 0.25) is 29.5 Å². The number of fused-ring (bicyclic) bond motifs is 5. The molecule has 0 unspecified atom stereocenters. The summed E-state index contributed by atoms with van der Waals surface area (Å²) < 4.78 is 31.6. The fraction of sp³-hybridized carbons (Fsp3) is 0.610. The van der Waals surface area contributed by atoms with Crippen LogP contribution < -0.4 is 58.9 Å². The number of rotatable bonds is 28. The van der Waals surface area contributed by atoms with Crippen molar-refractivity contribution in [2.75, 3.05) is 131 Å². The van der Waals surface area contributed by atoms with E-state index in [-0.39, 0.29) is 110 Å². The second kappa shape index (κ2) is 47.0. The Labute approximate surface area is 814 Å². The Kier molecular flexibility index (Phi) is 33.7. The largest absolute Gasteiger partial charge is 0.466 e. The van der Waals surface area contributed by atoms with E-state index in [1.54, 1.807) is 0 Å². The molecule has 5 saturated heterocycles. The lowest BCUT2D eigenvalue weighted by molar-refractivity contribution is -0.149. The number of carbonyl (C=O) groups excluding carboxylic acids is 6. The van der Waals surface area contributed by atoms with E-state index in [2.05, 4.69) is 110 Å². The lowest BCUT2D eigenvalue weighted by atomic mass is 9.72. The van der Waals surface area contributed by atoms with Gasteiger partial charge in [-0.3, -0.25) is 53.3 Å². The number of esters is 1. The van der Waals surface area contributed by atoms with Crippen molar-refractivity contribution in [3.8, 4) is 0 Å². The molecule has 5 aromatic heterocycles. The van der Waals surface area contributed by atoms with Crippen molar-refractivity contribution in [2.24, 2.45) is 29.4 Å². The highest BCUT2D eigenvalue weighted by Crippen LogP contribution is 2.42. The van der Waals surface area contributed by atoms with E-state index in [0.717, 1.165) is 231 Å². The molecule has 0 spiro atoms. The van der Waals surface area contributed by atoms with Crippen molar-refractivity contribution in [3.63, 3.8) is 0 Å². The van der Waals surface area contributed by atoms with Crippen LogP contribution in [0.2, 0.25) is 0 Å². The van der Waals surface area contributed by atoms with E-state index in [4.69, 9.17) is 33.1 Å². The summed E-state index contributed by atoms with van der Waals surface area (Å²) in [4.78, 5) is 85.6. The summed E-state index contributed by atoms with van der Waals surface area (Å²) in [5.74, 6) is 5.91. The molecule has 11 fully saturated rings. The van der Waals surface area contributed by atoms with Gasteiger partial charge in [-0.2, -0.15) is 0 Å². The van der Waals surface area contributed by atoms with E-state index >= 15 is 0 Å². The molecule has 0 bridgehead atoms. The number of aliphatic hydroxyl groups is 1. The molecule has 139 heavy (non-hydrogen) atoms. The van der Waals surface area contributed by atoms with Gasteiger partial charge in [-0.15, -0.1) is 0 Å². The zero-order valence-corrected chi connectivity index (χ0v) is 82.3. The summed E-state index contributed by atoms with van der Waals surface area (Å²) in [6, 6.07) is 34.2. The van der Waals surface area contributed by atoms with Crippen LogP contribution in [0.5, 0.6) is 0 Å². The van der Waals surface area contributed by atoms with Gasteiger partial charge in [0.05, 0.1) is 108 Å². The molecule has 0 atom stereocenters. The molecule has 5 aliphatic heterocycles. The van der Waals surface area contributed by atoms with Crippen LogP contribution in [0.3, 0.4) is 0 Å². The first-order valence-corrected chi connectivity index (χ1v) is 51.7. The van der Waals surface area contributed by atoms with Crippen molar-refractivity contribution in [2.45, 2.75) is 282 Å². The number of nitrogens with one attached hydrogen (secondary N) is 10. The number of nitrogens with two attached hydrogens (primary N) is 1. The van der Waals surface area contributed by atoms with E-state index < -0.39 is 0 Å². The van der Waals surface area contributed by atoms with Gasteiger partial charge in [-0.1, -0.05) is 123 Å². The Morgan fingerprint density at radius 1 is 0.338 bits per heavy atom. The van der Waals surface area contributed by atoms with E-state index in [1.165, 1.54) is 96.3 Å². The number of likely N-dealkylation sites (tertiary alicyclic amines) is 5. The van der Waals surface area contributed by atoms with Gasteiger partial charge in [0.25, 0.3) is 0 Å². The van der Waals surface area contributed by atoms with E-state index in [0.29, 0.717) is 71.0 Å². The number of hydrogen-bond acceptors (Lipinski definition) is 29. The van der Waals surface area contributed by atoms with Crippen molar-refractivity contribution < 1.29 is 61.2 Å². The standard InChI is InChI=1S/C25H36N4O2.C22H30N4O4.C20H28N4O2.C19H27N5O2.C19H26N4O3/c1-17-7-12-23-22(13-17)25(28-31-23)26-14-24(30)27-20-15-29(16-20)21-10-8-19(9-11-21)18-5-3-2-4-6-18;1-3-29-22(28)15-5-7-17(8-6-15)26-12-16(13-26)24-20(27)11-23-21-18-10-14(2)4-9-19(18)30-25-21;1-13-3-6-16(7-4-13)24-11-15(12-24)22-19(25)10-21-20-17-9-14(2)5-8-18(17)26-23-20;1-12-2-7-17-16(8-12)19(23-26-17)21-9-18(25)22-14-10-24(11-14)15-5-3-13(20)4-6-15;1-12-2-7-17-16(8-12)19(22-26-17)20-9-18(25)21-13-10-23(11-13)14-3-5-15(24)6-4-14/h7,12-13,18-21H,2-6,8-11,14-16H2,1H3,(H,26,28)(H,27,30);4,9-10,15-17H,3,5-8,11-13H2,1-2H3,(H,23,25)(H,24,27);5,8-9,13,15-16H,3-4,6-7,10-12H2,1-2H3,(H,21,23)(H,22,25);2,7-8,13-15H,3-6,9-11,20H2,1H3,(H,21,23)(H,22,25);2,7-8,13-15,24H,3-6,9-11H2,1H3,(H,20,22)(H,21,25). The maximum atomic E-state index is 12.4. The molecule has 21 rings (SSSR count). The van der Waals surface area contributed by atoms with Crippen LogP contribution in [0.15, 0.2) is 114 Å². The number of aryl methyl sites for hydroxylation is 5. The predicted octanol–water partition coefficient (Wildman–Crippen LogP) is 13.2. The van der Waals surface area contributed by atoms with Crippen LogP contribution in [0.1, 0.15) is 202 Å². The van der Waals surface area contributed by atoms with Crippen LogP contribution in [0, 0.1) is 58.3 Å². The third kappa shape index (κ3) is 26.6. The summed E-state index contributed by atoms with van der Waals surface area (Å²) in [7, 11) is 0. The molecule has 6 saturated carbocycles. The summed E-state index contributed by atoms with van der Waals surface area (Å²) in [5, 5.41) is 65.2. The summed E-state index contributed by atoms with van der Waals surface area (Å²) >= 11 is 0. The number of aromatic nitrogens is 5. The molecule has 6 aliphatic carbocycles. The highest BCUT2D eigenvalue weighted by molar-refractivity contribution is 5.95. The minimum Gasteiger partial charge on any atom is -0.466 e. The average Bonchev–Trinajstić information content (AvgIpc) is 1.01. The normalized spacial score (nSPS) is 24.3. The number of nitrogens with zero attached hydrogens (tertiary/aromatic N) is 10. The second-order valence-corrected chi connectivity index (χ2v) is 41.7. The third-order valence-electron chi connectivity index (χ3n) is 30.9. The molecule has 13 N–H and O–H groups in total.